The SMILES string of the molecule is CCOS(=O)Sc1cc(OC)c(OC)c(OC)c1. The van der Waals surface area contributed by atoms with E-state index in [1.807, 2.05) is 0 Å². The topological polar surface area (TPSA) is 54.0 Å². The maximum atomic E-state index is 11.5. The maximum absolute atomic E-state index is 11.5. The fourth-order valence-electron chi connectivity index (χ4n) is 1.30. The van der Waals surface area contributed by atoms with Crippen molar-refractivity contribution >= 4 is 20.9 Å². The first-order valence-corrected chi connectivity index (χ1v) is 7.60. The van der Waals surface area contributed by atoms with E-state index in [0.717, 1.165) is 15.7 Å². The molecule has 0 amide bonds. The minimum atomic E-state index is -1.44. The quantitative estimate of drug-likeness (QED) is 0.719. The van der Waals surface area contributed by atoms with Crippen LogP contribution in [0.5, 0.6) is 17.2 Å². The average molecular weight is 292 g/mol. The van der Waals surface area contributed by atoms with Gasteiger partial charge < -0.3 is 14.2 Å². The third-order valence-electron chi connectivity index (χ3n) is 2.02. The van der Waals surface area contributed by atoms with E-state index in [4.69, 9.17) is 18.4 Å². The van der Waals surface area contributed by atoms with Gasteiger partial charge >= 0.3 is 0 Å². The molecule has 0 radical (unpaired) electrons. The van der Waals surface area contributed by atoms with Gasteiger partial charge in [0.25, 0.3) is 0 Å². The fourth-order valence-corrected chi connectivity index (χ4v) is 3.21. The molecule has 0 aliphatic heterocycles. The summed E-state index contributed by atoms with van der Waals surface area (Å²) in [5.74, 6) is 1.55. The molecule has 0 aliphatic rings. The summed E-state index contributed by atoms with van der Waals surface area (Å²) in [5.41, 5.74) is 0. The van der Waals surface area contributed by atoms with Gasteiger partial charge in [-0.2, -0.15) is 0 Å². The molecule has 0 spiro atoms. The Balaban J connectivity index is 3.03. The molecule has 18 heavy (non-hydrogen) atoms. The summed E-state index contributed by atoms with van der Waals surface area (Å²) in [5, 5.41) is 0. The zero-order valence-electron chi connectivity index (χ0n) is 10.7. The van der Waals surface area contributed by atoms with Crippen molar-refractivity contribution in [1.29, 1.82) is 0 Å². The van der Waals surface area contributed by atoms with Gasteiger partial charge in [-0.15, -0.1) is 0 Å². The fraction of sp³-hybridized carbons (Fsp3) is 0.455. The van der Waals surface area contributed by atoms with Gasteiger partial charge in [0.15, 0.2) is 11.5 Å². The molecule has 0 aliphatic carbocycles. The second-order valence-electron chi connectivity index (χ2n) is 3.06. The standard InChI is InChI=1S/C11H16O5S2/c1-5-16-18(12)17-8-6-9(13-2)11(15-4)10(7-8)14-3/h6-7H,5H2,1-4H3. The lowest BCUT2D eigenvalue weighted by atomic mass is 10.3. The van der Waals surface area contributed by atoms with Crippen LogP contribution in [0, 0.1) is 0 Å². The molecule has 5 nitrogen and oxygen atoms in total. The summed E-state index contributed by atoms with van der Waals surface area (Å²) in [6.07, 6.45) is 0. The molecular formula is C11H16O5S2. The summed E-state index contributed by atoms with van der Waals surface area (Å²) in [7, 11) is 4.24. The number of rotatable bonds is 7. The predicted molar refractivity (Wildman–Crippen MR) is 71.7 cm³/mol. The number of hydrogen-bond acceptors (Lipinski definition) is 6. The molecule has 0 fully saturated rings. The summed E-state index contributed by atoms with van der Waals surface area (Å²) >= 11 is 0. The highest BCUT2D eigenvalue weighted by Gasteiger charge is 2.15. The van der Waals surface area contributed by atoms with E-state index < -0.39 is 10.1 Å². The summed E-state index contributed by atoms with van der Waals surface area (Å²) in [6, 6.07) is 3.45. The van der Waals surface area contributed by atoms with E-state index >= 15 is 0 Å². The van der Waals surface area contributed by atoms with Gasteiger partial charge in [-0.25, -0.2) is 4.21 Å². The Morgan fingerprint density at radius 2 is 1.67 bits per heavy atom. The Morgan fingerprint density at radius 3 is 2.06 bits per heavy atom. The van der Waals surface area contributed by atoms with Crippen LogP contribution in [-0.4, -0.2) is 32.1 Å². The van der Waals surface area contributed by atoms with E-state index in [1.54, 1.807) is 19.1 Å². The molecule has 0 saturated carbocycles. The maximum Gasteiger partial charge on any atom is 0.223 e. The smallest absolute Gasteiger partial charge is 0.223 e. The Labute approximate surface area is 113 Å². The van der Waals surface area contributed by atoms with Crippen molar-refractivity contribution in [3.8, 4) is 17.2 Å². The van der Waals surface area contributed by atoms with Crippen molar-refractivity contribution in [3.63, 3.8) is 0 Å². The van der Waals surface area contributed by atoms with Crippen LogP contribution in [-0.2, 0) is 14.3 Å². The highest BCUT2D eigenvalue weighted by molar-refractivity contribution is 8.67. The zero-order valence-corrected chi connectivity index (χ0v) is 12.4. The lowest BCUT2D eigenvalue weighted by Crippen LogP contribution is -1.96. The Kier molecular flexibility index (Phi) is 6.31. The van der Waals surface area contributed by atoms with Gasteiger partial charge in [0, 0.05) is 15.7 Å². The van der Waals surface area contributed by atoms with Crippen molar-refractivity contribution < 1.29 is 22.6 Å². The van der Waals surface area contributed by atoms with Crippen molar-refractivity contribution in [1.82, 2.24) is 0 Å². The Morgan fingerprint density at radius 1 is 1.11 bits per heavy atom. The second-order valence-corrected chi connectivity index (χ2v) is 5.65. The van der Waals surface area contributed by atoms with Crippen LogP contribution in [0.2, 0.25) is 0 Å². The van der Waals surface area contributed by atoms with E-state index in [0.29, 0.717) is 23.9 Å². The molecule has 102 valence electrons. The van der Waals surface area contributed by atoms with E-state index in [9.17, 15) is 4.21 Å². The predicted octanol–water partition coefficient (Wildman–Crippen LogP) is 2.42. The Bertz CT molecular complexity index is 397. The molecule has 0 aromatic heterocycles. The minimum Gasteiger partial charge on any atom is -0.493 e. The second kappa shape index (κ2) is 7.50. The van der Waals surface area contributed by atoms with Crippen LogP contribution in [0.25, 0.3) is 0 Å². The van der Waals surface area contributed by atoms with Crippen LogP contribution < -0.4 is 14.2 Å². The first kappa shape index (κ1) is 15.1. The molecule has 1 aromatic rings. The number of methoxy groups -OCH3 is 3. The first-order valence-electron chi connectivity index (χ1n) is 5.19. The van der Waals surface area contributed by atoms with Gasteiger partial charge in [-0.05, 0) is 19.1 Å². The van der Waals surface area contributed by atoms with Gasteiger partial charge in [-0.1, -0.05) is 0 Å². The molecule has 0 bridgehead atoms. The average Bonchev–Trinajstić information content (AvgIpc) is 2.37. The van der Waals surface area contributed by atoms with Gasteiger partial charge in [0.1, 0.15) is 0 Å². The van der Waals surface area contributed by atoms with Crippen LogP contribution in [0.3, 0.4) is 0 Å². The van der Waals surface area contributed by atoms with Crippen molar-refractivity contribution in [2.75, 3.05) is 27.9 Å². The van der Waals surface area contributed by atoms with Crippen LogP contribution in [0.15, 0.2) is 17.0 Å². The minimum absolute atomic E-state index is 0.393. The molecule has 0 saturated heterocycles. The normalized spacial score (nSPS) is 12.0. The monoisotopic (exact) mass is 292 g/mol. The van der Waals surface area contributed by atoms with Crippen molar-refractivity contribution in [2.24, 2.45) is 0 Å². The van der Waals surface area contributed by atoms with Gasteiger partial charge in [0.2, 0.25) is 15.9 Å². The lowest BCUT2D eigenvalue weighted by Gasteiger charge is -2.13. The highest BCUT2D eigenvalue weighted by Crippen LogP contribution is 2.41. The van der Waals surface area contributed by atoms with Crippen molar-refractivity contribution in [3.05, 3.63) is 12.1 Å². The molecule has 0 N–H and O–H groups in total. The highest BCUT2D eigenvalue weighted by atomic mass is 33.1. The summed E-state index contributed by atoms with van der Waals surface area (Å²) in [4.78, 5) is 0.719. The largest absolute Gasteiger partial charge is 0.493 e. The van der Waals surface area contributed by atoms with E-state index in [1.165, 1.54) is 21.3 Å². The van der Waals surface area contributed by atoms with Crippen molar-refractivity contribution in [2.45, 2.75) is 11.8 Å². The van der Waals surface area contributed by atoms with Gasteiger partial charge in [0.05, 0.1) is 27.9 Å². The summed E-state index contributed by atoms with van der Waals surface area (Å²) < 4.78 is 32.1. The first-order chi connectivity index (χ1) is 8.65. The summed E-state index contributed by atoms with van der Waals surface area (Å²) in [6.45, 7) is 2.18. The van der Waals surface area contributed by atoms with Crippen LogP contribution in [0.1, 0.15) is 6.92 Å². The molecule has 1 unspecified atom stereocenters. The van der Waals surface area contributed by atoms with Crippen LogP contribution in [0.4, 0.5) is 0 Å². The number of hydrogen-bond donors (Lipinski definition) is 0. The number of benzene rings is 1. The molecule has 0 heterocycles. The zero-order chi connectivity index (χ0) is 13.5. The number of ether oxygens (including phenoxy) is 3. The molecule has 1 atom stereocenters. The third kappa shape index (κ3) is 3.79. The van der Waals surface area contributed by atoms with E-state index in [-0.39, 0.29) is 0 Å². The lowest BCUT2D eigenvalue weighted by molar-refractivity contribution is 0.323. The van der Waals surface area contributed by atoms with Crippen LogP contribution >= 0.6 is 10.8 Å². The molecule has 1 rings (SSSR count). The third-order valence-corrected chi connectivity index (χ3v) is 4.28. The van der Waals surface area contributed by atoms with E-state index in [2.05, 4.69) is 0 Å². The molecular weight excluding hydrogens is 276 g/mol. The molecule has 1 aromatic carbocycles. The molecule has 7 heteroatoms. The Hall–Kier alpha value is -0.920. The van der Waals surface area contributed by atoms with Gasteiger partial charge in [-0.3, -0.25) is 4.18 Å².